The van der Waals surface area contributed by atoms with Crippen molar-refractivity contribution in [2.24, 2.45) is 0 Å². The van der Waals surface area contributed by atoms with Gasteiger partial charge in [0.1, 0.15) is 17.3 Å². The Balaban J connectivity index is 1.61. The van der Waals surface area contributed by atoms with Crippen molar-refractivity contribution in [1.29, 1.82) is 0 Å². The number of amides is 1. The number of benzene rings is 2. The zero-order valence-electron chi connectivity index (χ0n) is 21.5. The number of thiazole rings is 1. The van der Waals surface area contributed by atoms with Crippen LogP contribution in [0, 0.1) is 6.92 Å². The summed E-state index contributed by atoms with van der Waals surface area (Å²) in [4.78, 5) is 40.9. The molecule has 2 aromatic carbocycles. The lowest BCUT2D eigenvalue weighted by molar-refractivity contribution is -0.119. The number of aromatic nitrogens is 1. The lowest BCUT2D eigenvalue weighted by atomic mass is 9.96. The molecule has 0 bridgehead atoms. The van der Waals surface area contributed by atoms with E-state index in [1.54, 1.807) is 6.92 Å². The van der Waals surface area contributed by atoms with Crippen LogP contribution >= 0.6 is 11.3 Å². The second kappa shape index (κ2) is 13.8. The van der Waals surface area contributed by atoms with Crippen LogP contribution in [-0.4, -0.2) is 22.5 Å². The van der Waals surface area contributed by atoms with Crippen LogP contribution in [0.15, 0.2) is 53.9 Å². The summed E-state index contributed by atoms with van der Waals surface area (Å²) in [6.45, 7) is 5.76. The molecule has 5 nitrogen and oxygen atoms in total. The Labute approximate surface area is 218 Å². The predicted molar refractivity (Wildman–Crippen MR) is 148 cm³/mol. The first-order valence-corrected chi connectivity index (χ1v) is 13.7. The van der Waals surface area contributed by atoms with Gasteiger partial charge < -0.3 is 10.1 Å². The maximum atomic E-state index is 13.1. The summed E-state index contributed by atoms with van der Waals surface area (Å²) < 4.78 is 0. The van der Waals surface area contributed by atoms with Crippen molar-refractivity contribution < 1.29 is 14.4 Å². The van der Waals surface area contributed by atoms with E-state index in [0.29, 0.717) is 31.4 Å². The summed E-state index contributed by atoms with van der Waals surface area (Å²) in [5, 5.41) is 5.83. The molecule has 0 fully saturated rings. The van der Waals surface area contributed by atoms with Crippen LogP contribution in [0.25, 0.3) is 11.1 Å². The molecule has 6 heteroatoms. The van der Waals surface area contributed by atoms with Gasteiger partial charge in [-0.3, -0.25) is 9.59 Å². The number of ketones is 2. The summed E-state index contributed by atoms with van der Waals surface area (Å²) in [6.07, 6.45) is 5.79. The van der Waals surface area contributed by atoms with E-state index in [2.05, 4.69) is 43.4 Å². The quantitative estimate of drug-likeness (QED) is 0.243. The number of aryl methyl sites for hydroxylation is 1. The highest BCUT2D eigenvalue weighted by molar-refractivity contribution is 7.10. The van der Waals surface area contributed by atoms with Gasteiger partial charge in [0.15, 0.2) is 0 Å². The van der Waals surface area contributed by atoms with Crippen molar-refractivity contribution in [3.8, 4) is 11.1 Å². The second-order valence-corrected chi connectivity index (χ2v) is 10.3. The van der Waals surface area contributed by atoms with Crippen molar-refractivity contribution in [3.05, 3.63) is 70.2 Å². The zero-order valence-corrected chi connectivity index (χ0v) is 22.3. The van der Waals surface area contributed by atoms with Gasteiger partial charge in [-0.05, 0) is 51.2 Å². The monoisotopic (exact) mass is 504 g/mol. The Bertz CT molecular complexity index is 1170. The van der Waals surface area contributed by atoms with Crippen molar-refractivity contribution in [1.82, 2.24) is 4.98 Å². The molecule has 1 aromatic heterocycles. The van der Waals surface area contributed by atoms with Gasteiger partial charge in [0.2, 0.25) is 0 Å². The van der Waals surface area contributed by atoms with Crippen molar-refractivity contribution in [3.63, 3.8) is 0 Å². The molecule has 0 radical (unpaired) electrons. The summed E-state index contributed by atoms with van der Waals surface area (Å²) in [5.74, 6) is 0.380. The number of nitrogens with one attached hydrogen (secondary N) is 1. The summed E-state index contributed by atoms with van der Waals surface area (Å²) in [6, 6.07) is 16.0. The molecule has 190 valence electrons. The molecule has 3 aromatic rings. The molecule has 36 heavy (non-hydrogen) atoms. The standard InChI is InChI=1S/C30H36N2O3S/c1-4-9-24(11-8-13-25(34)12-7-10-22(3)33)30-32-28(20-36-30)29(35)31-27-15-6-5-14-26(27)23-18-16-21(2)17-19-23/h5-6,14-20,24H,4,7-13H2,1-3H3,(H,31,35). The van der Waals surface area contributed by atoms with Gasteiger partial charge in [-0.2, -0.15) is 0 Å². The molecule has 0 aliphatic heterocycles. The summed E-state index contributed by atoms with van der Waals surface area (Å²) in [7, 11) is 0. The minimum absolute atomic E-state index is 0.132. The van der Waals surface area contributed by atoms with E-state index in [1.807, 2.05) is 29.6 Å². The topological polar surface area (TPSA) is 76.1 Å². The van der Waals surface area contributed by atoms with Crippen LogP contribution < -0.4 is 5.32 Å². The van der Waals surface area contributed by atoms with E-state index < -0.39 is 0 Å². The first-order chi connectivity index (χ1) is 17.4. The van der Waals surface area contributed by atoms with E-state index in [9.17, 15) is 14.4 Å². The molecular formula is C30H36N2O3S. The lowest BCUT2D eigenvalue weighted by Crippen LogP contribution is -2.13. The van der Waals surface area contributed by atoms with Crippen LogP contribution in [0.4, 0.5) is 5.69 Å². The van der Waals surface area contributed by atoms with Gasteiger partial charge in [0.05, 0.1) is 5.01 Å². The predicted octanol–water partition coefficient (Wildman–Crippen LogP) is 7.75. The van der Waals surface area contributed by atoms with E-state index in [4.69, 9.17) is 4.98 Å². The fourth-order valence-electron chi connectivity index (χ4n) is 4.29. The molecule has 1 amide bonds. The van der Waals surface area contributed by atoms with Crippen LogP contribution in [0.5, 0.6) is 0 Å². The van der Waals surface area contributed by atoms with Crippen LogP contribution in [-0.2, 0) is 9.59 Å². The number of rotatable bonds is 14. The highest BCUT2D eigenvalue weighted by atomic mass is 32.1. The minimum Gasteiger partial charge on any atom is -0.320 e. The van der Waals surface area contributed by atoms with Crippen LogP contribution in [0.3, 0.4) is 0 Å². The third-order valence-corrected chi connectivity index (χ3v) is 7.28. The minimum atomic E-state index is -0.215. The van der Waals surface area contributed by atoms with Crippen molar-refractivity contribution in [2.75, 3.05) is 5.32 Å². The van der Waals surface area contributed by atoms with Gasteiger partial charge >= 0.3 is 0 Å². The molecule has 1 heterocycles. The Morgan fingerprint density at radius 2 is 1.67 bits per heavy atom. The van der Waals surface area contributed by atoms with Gasteiger partial charge in [-0.1, -0.05) is 61.4 Å². The van der Waals surface area contributed by atoms with Crippen molar-refractivity contribution >= 4 is 34.5 Å². The van der Waals surface area contributed by atoms with E-state index in [0.717, 1.165) is 47.5 Å². The van der Waals surface area contributed by atoms with E-state index in [-0.39, 0.29) is 23.4 Å². The number of anilines is 1. The number of carbonyl (C=O) groups is 3. The molecule has 1 unspecified atom stereocenters. The number of para-hydroxylation sites is 1. The number of Topliss-reactive ketones (excluding diaryl/α,β-unsaturated/α-hetero) is 2. The number of carbonyl (C=O) groups excluding carboxylic acids is 3. The zero-order chi connectivity index (χ0) is 25.9. The summed E-state index contributed by atoms with van der Waals surface area (Å²) >= 11 is 1.52. The molecule has 0 saturated heterocycles. The molecule has 0 spiro atoms. The first kappa shape index (κ1) is 27.5. The first-order valence-electron chi connectivity index (χ1n) is 12.8. The summed E-state index contributed by atoms with van der Waals surface area (Å²) in [5.41, 5.74) is 4.39. The number of nitrogens with zero attached hydrogens (tertiary/aromatic N) is 1. The average molecular weight is 505 g/mol. The average Bonchev–Trinajstić information content (AvgIpc) is 3.35. The smallest absolute Gasteiger partial charge is 0.275 e. The van der Waals surface area contributed by atoms with E-state index in [1.165, 1.54) is 16.9 Å². The normalized spacial score (nSPS) is 11.8. The van der Waals surface area contributed by atoms with Gasteiger partial charge in [0, 0.05) is 41.8 Å². The molecule has 3 rings (SSSR count). The second-order valence-electron chi connectivity index (χ2n) is 9.41. The molecular weight excluding hydrogens is 468 g/mol. The Kier molecular flexibility index (Phi) is 10.6. The highest BCUT2D eigenvalue weighted by Crippen LogP contribution is 2.31. The molecule has 1 N–H and O–H groups in total. The SMILES string of the molecule is CCCC(CCCC(=O)CCCC(C)=O)c1nc(C(=O)Nc2ccccc2-c2ccc(C)cc2)cs1. The maximum absolute atomic E-state index is 13.1. The fourth-order valence-corrected chi connectivity index (χ4v) is 5.26. The lowest BCUT2D eigenvalue weighted by Gasteiger charge is -2.13. The van der Waals surface area contributed by atoms with Crippen LogP contribution in [0.2, 0.25) is 0 Å². The van der Waals surface area contributed by atoms with Crippen LogP contribution in [0.1, 0.15) is 92.2 Å². The largest absolute Gasteiger partial charge is 0.320 e. The fraction of sp³-hybridized carbons (Fsp3) is 0.400. The molecule has 1 atom stereocenters. The van der Waals surface area contributed by atoms with Gasteiger partial charge in [0.25, 0.3) is 5.91 Å². The third-order valence-electron chi connectivity index (χ3n) is 6.27. The Morgan fingerprint density at radius 1 is 0.944 bits per heavy atom. The van der Waals surface area contributed by atoms with Gasteiger partial charge in [-0.25, -0.2) is 4.98 Å². The number of hydrogen-bond donors (Lipinski definition) is 1. The molecule has 0 aliphatic carbocycles. The van der Waals surface area contributed by atoms with Gasteiger partial charge in [-0.15, -0.1) is 11.3 Å². The van der Waals surface area contributed by atoms with E-state index >= 15 is 0 Å². The molecule has 0 aliphatic rings. The highest BCUT2D eigenvalue weighted by Gasteiger charge is 2.19. The third kappa shape index (κ3) is 8.23. The Morgan fingerprint density at radius 3 is 2.39 bits per heavy atom. The Hall–Kier alpha value is -3.12. The maximum Gasteiger partial charge on any atom is 0.275 e. The number of hydrogen-bond acceptors (Lipinski definition) is 5. The molecule has 0 saturated carbocycles. The van der Waals surface area contributed by atoms with Crippen molar-refractivity contribution in [2.45, 2.75) is 78.1 Å².